The van der Waals surface area contributed by atoms with Gasteiger partial charge in [-0.25, -0.2) is 4.79 Å². The average Bonchev–Trinajstić information content (AvgIpc) is 2.80. The highest BCUT2D eigenvalue weighted by Gasteiger charge is 2.32. The first-order valence-corrected chi connectivity index (χ1v) is 13.4. The Labute approximate surface area is 217 Å². The second-order valence-electron chi connectivity index (χ2n) is 9.58. The number of phenols is 1. The third kappa shape index (κ3) is 10.9. The van der Waals surface area contributed by atoms with Crippen molar-refractivity contribution in [3.05, 3.63) is 29.8 Å². The van der Waals surface area contributed by atoms with Crippen LogP contribution in [0.25, 0.3) is 0 Å². The Morgan fingerprint density at radius 2 is 1.50 bits per heavy atom. The molecule has 0 heterocycles. The van der Waals surface area contributed by atoms with Crippen molar-refractivity contribution in [3.8, 4) is 5.75 Å². The van der Waals surface area contributed by atoms with E-state index in [1.165, 1.54) is 12.1 Å². The van der Waals surface area contributed by atoms with Crippen molar-refractivity contribution in [1.82, 2.24) is 16.0 Å². The maximum Gasteiger partial charge on any atom is 0.326 e. The van der Waals surface area contributed by atoms with Crippen molar-refractivity contribution < 1.29 is 29.4 Å². The standard InChI is InChI=1S/C25H40N4O6S/c1-14(2)12-20(25(34)35)28-24(33)21(15(3)4)29-23(32)19(13-16-6-8-17(30)9-7-16)27-22(31)18(26)10-11-36-5/h6-9,14-15,18-21,30H,10-13,26H2,1-5H3,(H,27,31)(H,28,33)(H,29,32)(H,34,35). The Bertz CT molecular complexity index is 878. The van der Waals surface area contributed by atoms with Gasteiger partial charge in [0.1, 0.15) is 23.9 Å². The van der Waals surface area contributed by atoms with E-state index in [1.54, 1.807) is 37.7 Å². The molecule has 11 heteroatoms. The molecule has 1 rings (SSSR count). The van der Waals surface area contributed by atoms with E-state index < -0.39 is 47.9 Å². The number of carbonyl (C=O) groups is 4. The van der Waals surface area contributed by atoms with Crippen molar-refractivity contribution in [2.75, 3.05) is 12.0 Å². The zero-order valence-corrected chi connectivity index (χ0v) is 22.4. The lowest BCUT2D eigenvalue weighted by molar-refractivity contribution is -0.143. The lowest BCUT2D eigenvalue weighted by atomic mass is 9.99. The summed E-state index contributed by atoms with van der Waals surface area (Å²) in [5.41, 5.74) is 6.66. The first-order chi connectivity index (χ1) is 16.8. The molecule has 4 atom stereocenters. The highest BCUT2D eigenvalue weighted by atomic mass is 32.2. The van der Waals surface area contributed by atoms with Crippen molar-refractivity contribution in [1.29, 1.82) is 0 Å². The minimum Gasteiger partial charge on any atom is -0.508 e. The van der Waals surface area contributed by atoms with Crippen molar-refractivity contribution >= 4 is 35.5 Å². The van der Waals surface area contributed by atoms with Gasteiger partial charge in [0.2, 0.25) is 17.7 Å². The quantitative estimate of drug-likeness (QED) is 0.199. The Kier molecular flexibility index (Phi) is 13.3. The van der Waals surface area contributed by atoms with Crippen LogP contribution in [0.5, 0.6) is 5.75 Å². The van der Waals surface area contributed by atoms with Crippen LogP contribution in [-0.4, -0.2) is 70.1 Å². The number of benzene rings is 1. The maximum atomic E-state index is 13.3. The molecule has 0 aromatic heterocycles. The van der Waals surface area contributed by atoms with Crippen LogP contribution < -0.4 is 21.7 Å². The number of aliphatic carboxylic acids is 1. The van der Waals surface area contributed by atoms with Crippen LogP contribution in [-0.2, 0) is 25.6 Å². The van der Waals surface area contributed by atoms with Gasteiger partial charge in [-0.3, -0.25) is 14.4 Å². The Morgan fingerprint density at radius 3 is 2.00 bits per heavy atom. The minimum atomic E-state index is -1.15. The average molecular weight is 525 g/mol. The van der Waals surface area contributed by atoms with Crippen molar-refractivity contribution in [2.24, 2.45) is 17.6 Å². The number of hydrogen-bond acceptors (Lipinski definition) is 7. The van der Waals surface area contributed by atoms with Crippen LogP contribution in [0.4, 0.5) is 0 Å². The Morgan fingerprint density at radius 1 is 0.917 bits per heavy atom. The number of phenolic OH excluding ortho intramolecular Hbond substituents is 1. The van der Waals surface area contributed by atoms with Crippen LogP contribution in [0.1, 0.15) is 46.1 Å². The van der Waals surface area contributed by atoms with Crippen LogP contribution in [0.2, 0.25) is 0 Å². The van der Waals surface area contributed by atoms with Gasteiger partial charge in [0.05, 0.1) is 6.04 Å². The van der Waals surface area contributed by atoms with Gasteiger partial charge in [0.15, 0.2) is 0 Å². The summed E-state index contributed by atoms with van der Waals surface area (Å²) in [5, 5.41) is 26.9. The number of aromatic hydroxyl groups is 1. The van der Waals surface area contributed by atoms with Gasteiger partial charge < -0.3 is 31.9 Å². The van der Waals surface area contributed by atoms with E-state index in [9.17, 15) is 29.4 Å². The number of amides is 3. The highest BCUT2D eigenvalue weighted by Crippen LogP contribution is 2.13. The molecule has 3 amide bonds. The molecule has 0 fully saturated rings. The van der Waals surface area contributed by atoms with Gasteiger partial charge in [0.25, 0.3) is 0 Å². The Balaban J connectivity index is 3.08. The first kappa shape index (κ1) is 31.2. The van der Waals surface area contributed by atoms with Crippen molar-refractivity contribution in [2.45, 2.75) is 71.1 Å². The van der Waals surface area contributed by atoms with E-state index in [1.807, 2.05) is 20.1 Å². The summed E-state index contributed by atoms with van der Waals surface area (Å²) in [6.45, 7) is 7.16. The fourth-order valence-electron chi connectivity index (χ4n) is 3.47. The van der Waals surface area contributed by atoms with Gasteiger partial charge >= 0.3 is 5.97 Å². The molecule has 0 aliphatic carbocycles. The second-order valence-corrected chi connectivity index (χ2v) is 10.6. The molecule has 4 unspecified atom stereocenters. The largest absolute Gasteiger partial charge is 0.508 e. The zero-order valence-electron chi connectivity index (χ0n) is 21.6. The summed E-state index contributed by atoms with van der Waals surface area (Å²) in [5.74, 6) is -2.42. The highest BCUT2D eigenvalue weighted by molar-refractivity contribution is 7.98. The second kappa shape index (κ2) is 15.4. The third-order valence-electron chi connectivity index (χ3n) is 5.55. The number of thioether (sulfide) groups is 1. The molecular weight excluding hydrogens is 484 g/mol. The fraction of sp³-hybridized carbons (Fsp3) is 0.600. The van der Waals surface area contributed by atoms with E-state index in [0.29, 0.717) is 17.7 Å². The molecule has 0 bridgehead atoms. The van der Waals surface area contributed by atoms with Gasteiger partial charge in [-0.05, 0) is 54.4 Å². The van der Waals surface area contributed by atoms with Crippen LogP contribution in [0.3, 0.4) is 0 Å². The molecule has 0 aliphatic heterocycles. The maximum absolute atomic E-state index is 13.3. The summed E-state index contributed by atoms with van der Waals surface area (Å²) >= 11 is 1.55. The predicted octanol–water partition coefficient (Wildman–Crippen LogP) is 1.26. The van der Waals surface area contributed by atoms with Crippen LogP contribution in [0.15, 0.2) is 24.3 Å². The smallest absolute Gasteiger partial charge is 0.326 e. The SMILES string of the molecule is CSCCC(N)C(=O)NC(Cc1ccc(O)cc1)C(=O)NC(C(=O)NC(CC(C)C)C(=O)O)C(C)C. The molecule has 202 valence electrons. The number of nitrogens with two attached hydrogens (primary N) is 1. The van der Waals surface area contributed by atoms with E-state index in [0.717, 1.165) is 0 Å². The lowest BCUT2D eigenvalue weighted by Gasteiger charge is -2.27. The summed E-state index contributed by atoms with van der Waals surface area (Å²) in [6.07, 6.45) is 2.68. The summed E-state index contributed by atoms with van der Waals surface area (Å²) in [7, 11) is 0. The van der Waals surface area contributed by atoms with Gasteiger partial charge in [0, 0.05) is 6.42 Å². The Hall–Kier alpha value is -2.79. The van der Waals surface area contributed by atoms with E-state index in [2.05, 4.69) is 16.0 Å². The minimum absolute atomic E-state index is 0.0405. The third-order valence-corrected chi connectivity index (χ3v) is 6.19. The topological polar surface area (TPSA) is 171 Å². The fourth-order valence-corrected chi connectivity index (χ4v) is 3.96. The van der Waals surface area contributed by atoms with E-state index in [4.69, 9.17) is 5.73 Å². The molecule has 7 N–H and O–H groups in total. The molecule has 0 saturated heterocycles. The van der Waals surface area contributed by atoms with E-state index >= 15 is 0 Å². The normalized spacial score (nSPS) is 14.6. The van der Waals surface area contributed by atoms with E-state index in [-0.39, 0.29) is 30.4 Å². The zero-order chi connectivity index (χ0) is 27.4. The van der Waals surface area contributed by atoms with Crippen molar-refractivity contribution in [3.63, 3.8) is 0 Å². The van der Waals surface area contributed by atoms with Gasteiger partial charge in [-0.15, -0.1) is 0 Å². The number of rotatable bonds is 15. The molecule has 1 aromatic rings. The molecule has 0 saturated carbocycles. The van der Waals surface area contributed by atoms with Gasteiger partial charge in [-0.1, -0.05) is 39.8 Å². The molecule has 0 spiro atoms. The molecule has 0 radical (unpaired) electrons. The number of nitrogens with one attached hydrogen (secondary N) is 3. The number of hydrogen-bond donors (Lipinski definition) is 6. The predicted molar refractivity (Wildman–Crippen MR) is 141 cm³/mol. The van der Waals surface area contributed by atoms with Gasteiger partial charge in [-0.2, -0.15) is 11.8 Å². The lowest BCUT2D eigenvalue weighted by Crippen LogP contribution is -2.59. The molecule has 1 aromatic carbocycles. The number of carboxylic acids is 1. The molecule has 36 heavy (non-hydrogen) atoms. The van der Waals surface area contributed by atoms with Crippen LogP contribution >= 0.6 is 11.8 Å². The first-order valence-electron chi connectivity index (χ1n) is 12.0. The number of carboxylic acid groups (broad SMARTS) is 1. The molecular formula is C25H40N4O6S. The van der Waals surface area contributed by atoms with Crippen LogP contribution in [0, 0.1) is 11.8 Å². The summed E-state index contributed by atoms with van der Waals surface area (Å²) < 4.78 is 0. The monoisotopic (exact) mass is 524 g/mol. The molecule has 10 nitrogen and oxygen atoms in total. The molecule has 0 aliphatic rings. The summed E-state index contributed by atoms with van der Waals surface area (Å²) in [4.78, 5) is 50.5. The number of carbonyl (C=O) groups excluding carboxylic acids is 3. The summed E-state index contributed by atoms with van der Waals surface area (Å²) in [6, 6.07) is 2.26.